The number of hydrogen-bond donors (Lipinski definition) is 2. The lowest BCUT2D eigenvalue weighted by molar-refractivity contribution is -0.139. The van der Waals surface area contributed by atoms with E-state index in [1.54, 1.807) is 13.8 Å². The van der Waals surface area contributed by atoms with Crippen molar-refractivity contribution in [3.63, 3.8) is 0 Å². The van der Waals surface area contributed by atoms with E-state index in [1.165, 1.54) is 12.3 Å². The molecule has 1 saturated heterocycles. The van der Waals surface area contributed by atoms with Gasteiger partial charge in [0.2, 0.25) is 11.8 Å². The Balaban J connectivity index is 0.00000338. The summed E-state index contributed by atoms with van der Waals surface area (Å²) in [7, 11) is 0. The van der Waals surface area contributed by atoms with Gasteiger partial charge in [0.1, 0.15) is 12.2 Å². The highest BCUT2D eigenvalue weighted by Crippen LogP contribution is 2.35. The molecule has 5 nitrogen and oxygen atoms in total. The van der Waals surface area contributed by atoms with Crippen LogP contribution in [0.25, 0.3) is 0 Å². The third-order valence-electron chi connectivity index (χ3n) is 4.22. The van der Waals surface area contributed by atoms with Crippen molar-refractivity contribution in [3.8, 4) is 5.88 Å². The summed E-state index contributed by atoms with van der Waals surface area (Å²) >= 11 is 0. The minimum absolute atomic E-state index is 0. The van der Waals surface area contributed by atoms with Gasteiger partial charge in [0.15, 0.2) is 0 Å². The molecule has 1 aromatic heterocycles. The average Bonchev–Trinajstić information content (AvgIpc) is 2.52. The Morgan fingerprint density at radius 3 is 2.73 bits per heavy atom. The SMILES string of the molecule is C[C@@H]1C[C@H](NC(=O)C(C)(C)COc2ncccc2C(F)(F)F)CCN1.Cl. The molecule has 26 heavy (non-hydrogen) atoms. The normalized spacial score (nSPS) is 20.8. The van der Waals surface area contributed by atoms with Crippen LogP contribution in [0.1, 0.15) is 39.2 Å². The number of piperidine rings is 1. The second-order valence-corrected chi connectivity index (χ2v) is 7.08. The molecule has 0 aliphatic carbocycles. The van der Waals surface area contributed by atoms with E-state index in [0.29, 0.717) is 6.04 Å². The maximum absolute atomic E-state index is 13.0. The van der Waals surface area contributed by atoms with E-state index in [1.807, 2.05) is 6.92 Å². The van der Waals surface area contributed by atoms with Crippen molar-refractivity contribution >= 4 is 18.3 Å². The van der Waals surface area contributed by atoms with Gasteiger partial charge in [-0.1, -0.05) is 0 Å². The zero-order valence-corrected chi connectivity index (χ0v) is 15.8. The molecule has 2 heterocycles. The minimum atomic E-state index is -4.55. The van der Waals surface area contributed by atoms with E-state index in [9.17, 15) is 18.0 Å². The van der Waals surface area contributed by atoms with E-state index in [0.717, 1.165) is 25.5 Å². The molecule has 9 heteroatoms. The van der Waals surface area contributed by atoms with Gasteiger partial charge < -0.3 is 15.4 Å². The number of nitrogens with zero attached hydrogens (tertiary/aromatic N) is 1. The molecule has 0 spiro atoms. The van der Waals surface area contributed by atoms with Crippen molar-refractivity contribution < 1.29 is 22.7 Å². The smallest absolute Gasteiger partial charge is 0.421 e. The minimum Gasteiger partial charge on any atom is -0.476 e. The maximum atomic E-state index is 13.0. The summed E-state index contributed by atoms with van der Waals surface area (Å²) in [6, 6.07) is 2.49. The van der Waals surface area contributed by atoms with Crippen molar-refractivity contribution in [1.29, 1.82) is 0 Å². The van der Waals surface area contributed by atoms with Crippen molar-refractivity contribution in [3.05, 3.63) is 23.9 Å². The molecule has 2 N–H and O–H groups in total. The van der Waals surface area contributed by atoms with Crippen LogP contribution in [0.15, 0.2) is 18.3 Å². The summed E-state index contributed by atoms with van der Waals surface area (Å²) in [5, 5.41) is 6.27. The van der Waals surface area contributed by atoms with Crippen LogP contribution in [0.2, 0.25) is 0 Å². The molecule has 2 rings (SSSR count). The predicted octanol–water partition coefficient (Wildman–Crippen LogP) is 3.18. The fourth-order valence-electron chi connectivity index (χ4n) is 2.68. The van der Waals surface area contributed by atoms with Gasteiger partial charge in [0, 0.05) is 18.3 Å². The zero-order valence-electron chi connectivity index (χ0n) is 15.0. The van der Waals surface area contributed by atoms with Gasteiger partial charge in [0.25, 0.3) is 0 Å². The molecular formula is C17H25ClF3N3O2. The molecule has 0 radical (unpaired) electrons. The van der Waals surface area contributed by atoms with Gasteiger partial charge in [-0.2, -0.15) is 13.2 Å². The van der Waals surface area contributed by atoms with E-state index < -0.39 is 23.0 Å². The first-order valence-electron chi connectivity index (χ1n) is 8.29. The van der Waals surface area contributed by atoms with E-state index in [2.05, 4.69) is 15.6 Å². The van der Waals surface area contributed by atoms with Crippen LogP contribution in [0.5, 0.6) is 5.88 Å². The largest absolute Gasteiger partial charge is 0.476 e. The lowest BCUT2D eigenvalue weighted by Gasteiger charge is -2.32. The fraction of sp³-hybridized carbons (Fsp3) is 0.647. The fourth-order valence-corrected chi connectivity index (χ4v) is 2.68. The number of alkyl halides is 3. The number of hydrogen-bond acceptors (Lipinski definition) is 4. The Morgan fingerprint density at radius 2 is 2.12 bits per heavy atom. The molecule has 1 amide bonds. The number of halogens is 4. The second-order valence-electron chi connectivity index (χ2n) is 7.08. The van der Waals surface area contributed by atoms with Crippen LogP contribution in [0.4, 0.5) is 13.2 Å². The molecule has 148 valence electrons. The topological polar surface area (TPSA) is 63.2 Å². The lowest BCUT2D eigenvalue weighted by Crippen LogP contribution is -2.51. The number of carbonyl (C=O) groups is 1. The molecule has 1 fully saturated rings. The Hall–Kier alpha value is -1.54. The monoisotopic (exact) mass is 395 g/mol. The summed E-state index contributed by atoms with van der Waals surface area (Å²) in [5.74, 6) is -0.748. The summed E-state index contributed by atoms with van der Waals surface area (Å²) in [5.41, 5.74) is -1.92. The number of pyridine rings is 1. The highest BCUT2D eigenvalue weighted by molar-refractivity contribution is 5.85. The third kappa shape index (κ3) is 6.02. The molecule has 1 aliphatic heterocycles. The molecule has 0 bridgehead atoms. The van der Waals surface area contributed by atoms with E-state index in [4.69, 9.17) is 4.74 Å². The summed E-state index contributed by atoms with van der Waals surface area (Å²) in [4.78, 5) is 16.1. The number of carbonyl (C=O) groups excluding carboxylic acids is 1. The van der Waals surface area contributed by atoms with Crippen LogP contribution in [0.3, 0.4) is 0 Å². The number of ether oxygens (including phenoxy) is 1. The number of aromatic nitrogens is 1. The van der Waals surface area contributed by atoms with E-state index in [-0.39, 0.29) is 31.0 Å². The van der Waals surface area contributed by atoms with Crippen LogP contribution in [-0.2, 0) is 11.0 Å². The van der Waals surface area contributed by atoms with Crippen LogP contribution in [0, 0.1) is 5.41 Å². The van der Waals surface area contributed by atoms with Crippen molar-refractivity contribution in [2.24, 2.45) is 5.41 Å². The summed E-state index contributed by atoms with van der Waals surface area (Å²) in [6.07, 6.45) is -1.68. The molecule has 2 atom stereocenters. The summed E-state index contributed by atoms with van der Waals surface area (Å²) < 4.78 is 44.2. The van der Waals surface area contributed by atoms with Crippen LogP contribution >= 0.6 is 12.4 Å². The van der Waals surface area contributed by atoms with Gasteiger partial charge >= 0.3 is 6.18 Å². The lowest BCUT2D eigenvalue weighted by atomic mass is 9.91. The summed E-state index contributed by atoms with van der Waals surface area (Å²) in [6.45, 7) is 5.96. The predicted molar refractivity (Wildman–Crippen MR) is 94.4 cm³/mol. The number of nitrogens with one attached hydrogen (secondary N) is 2. The molecule has 0 unspecified atom stereocenters. The molecular weight excluding hydrogens is 371 g/mol. The Labute approximate surface area is 157 Å². The Kier molecular flexibility index (Phi) is 7.70. The van der Waals surface area contributed by atoms with Gasteiger partial charge in [-0.05, 0) is 52.3 Å². The molecule has 1 aromatic rings. The van der Waals surface area contributed by atoms with Crippen LogP contribution < -0.4 is 15.4 Å². The van der Waals surface area contributed by atoms with Crippen molar-refractivity contribution in [1.82, 2.24) is 15.6 Å². The molecule has 1 aliphatic rings. The second kappa shape index (κ2) is 8.90. The number of amides is 1. The van der Waals surface area contributed by atoms with Crippen molar-refractivity contribution in [2.75, 3.05) is 13.2 Å². The Bertz CT molecular complexity index is 611. The van der Waals surface area contributed by atoms with Gasteiger partial charge in [-0.15, -0.1) is 12.4 Å². The standard InChI is InChI=1S/C17H24F3N3O2.ClH/c1-11-9-12(6-8-21-11)23-15(24)16(2,3)10-25-14-13(17(18,19)20)5-4-7-22-14;/h4-5,7,11-12,21H,6,8-10H2,1-3H3,(H,23,24);1H/t11-,12-;/m1./s1. The highest BCUT2D eigenvalue weighted by atomic mass is 35.5. The third-order valence-corrected chi connectivity index (χ3v) is 4.22. The average molecular weight is 396 g/mol. The van der Waals surface area contributed by atoms with Crippen LogP contribution in [-0.4, -0.2) is 36.1 Å². The molecule has 0 aromatic carbocycles. The van der Waals surface area contributed by atoms with Crippen molar-refractivity contribution in [2.45, 2.75) is 51.9 Å². The quantitative estimate of drug-likeness (QED) is 0.803. The first-order chi connectivity index (χ1) is 11.6. The zero-order chi connectivity index (χ0) is 18.7. The van der Waals surface area contributed by atoms with Gasteiger partial charge in [0.05, 0.1) is 5.41 Å². The number of rotatable bonds is 5. The first-order valence-corrected chi connectivity index (χ1v) is 8.29. The first kappa shape index (κ1) is 22.5. The van der Waals surface area contributed by atoms with Gasteiger partial charge in [-0.25, -0.2) is 4.98 Å². The highest BCUT2D eigenvalue weighted by Gasteiger charge is 2.37. The Morgan fingerprint density at radius 1 is 1.42 bits per heavy atom. The van der Waals surface area contributed by atoms with E-state index >= 15 is 0 Å². The maximum Gasteiger partial charge on any atom is 0.421 e. The van der Waals surface area contributed by atoms with Gasteiger partial charge in [-0.3, -0.25) is 4.79 Å². The molecule has 0 saturated carbocycles.